The van der Waals surface area contributed by atoms with E-state index in [-0.39, 0.29) is 11.6 Å². The highest BCUT2D eigenvalue weighted by Gasteiger charge is 2.32. The molecule has 0 aromatic carbocycles. The molecule has 6 nitrogen and oxygen atoms in total. The minimum absolute atomic E-state index is 0.163. The number of rotatable bonds is 3. The fraction of sp³-hybridized carbons (Fsp3) is 0.375. The molecule has 0 fully saturated rings. The predicted molar refractivity (Wildman–Crippen MR) is 84.3 cm³/mol. The third-order valence-corrected chi connectivity index (χ3v) is 3.94. The number of aromatic amines is 1. The normalized spacial score (nSPS) is 20.5. The largest absolute Gasteiger partial charge is 0.481 e. The van der Waals surface area contributed by atoms with Crippen molar-refractivity contribution in [2.45, 2.75) is 26.8 Å². The molecule has 0 bridgehead atoms. The first kappa shape index (κ1) is 14.6. The van der Waals surface area contributed by atoms with Crippen molar-refractivity contribution in [3.05, 3.63) is 57.5 Å². The summed E-state index contributed by atoms with van der Waals surface area (Å²) in [5, 5.41) is 8.65. The molecular weight excluding hydrogens is 280 g/mol. The molecule has 0 spiro atoms. The molecule has 0 amide bonds. The number of methoxy groups -OCH3 is 1. The van der Waals surface area contributed by atoms with E-state index in [4.69, 9.17) is 4.74 Å². The van der Waals surface area contributed by atoms with Crippen LogP contribution in [0.4, 0.5) is 0 Å². The van der Waals surface area contributed by atoms with Crippen molar-refractivity contribution in [3.63, 3.8) is 0 Å². The maximum absolute atomic E-state index is 11.5. The van der Waals surface area contributed by atoms with Crippen molar-refractivity contribution in [1.29, 1.82) is 0 Å². The zero-order valence-electron chi connectivity index (χ0n) is 13.2. The SMILES string of the molecule is COC1=CC=C(c2cc(C)c(=O)[nH]n2)C2=CC(C(C)C)NN12. The molecule has 0 saturated heterocycles. The first-order valence-corrected chi connectivity index (χ1v) is 7.32. The summed E-state index contributed by atoms with van der Waals surface area (Å²) in [4.78, 5) is 11.5. The summed E-state index contributed by atoms with van der Waals surface area (Å²) >= 11 is 0. The molecule has 0 aliphatic carbocycles. The lowest BCUT2D eigenvalue weighted by Crippen LogP contribution is -2.40. The van der Waals surface area contributed by atoms with Crippen molar-refractivity contribution in [3.8, 4) is 0 Å². The molecule has 0 saturated carbocycles. The van der Waals surface area contributed by atoms with Crippen LogP contribution in [0.3, 0.4) is 0 Å². The summed E-state index contributed by atoms with van der Waals surface area (Å²) < 4.78 is 5.42. The zero-order chi connectivity index (χ0) is 15.9. The lowest BCUT2D eigenvalue weighted by molar-refractivity contribution is 0.141. The Hall–Kier alpha value is -2.34. The van der Waals surface area contributed by atoms with Crippen LogP contribution in [0.25, 0.3) is 5.57 Å². The van der Waals surface area contributed by atoms with E-state index in [1.165, 1.54) is 0 Å². The second kappa shape index (κ2) is 5.46. The number of ether oxygens (including phenoxy) is 1. The maximum Gasteiger partial charge on any atom is 0.267 e. The number of aryl methyl sites for hydroxylation is 1. The standard InChI is InChI=1S/C16H20N4O2/c1-9(2)12-8-14-11(5-6-15(22-4)20(14)19-12)13-7-10(3)16(21)18-17-13/h5-9,12,19H,1-4H3,(H,18,21). The van der Waals surface area contributed by atoms with Gasteiger partial charge in [0.25, 0.3) is 5.56 Å². The van der Waals surface area contributed by atoms with Crippen molar-refractivity contribution in [2.75, 3.05) is 7.11 Å². The minimum Gasteiger partial charge on any atom is -0.481 e. The topological polar surface area (TPSA) is 70.2 Å². The van der Waals surface area contributed by atoms with E-state index in [9.17, 15) is 4.79 Å². The van der Waals surface area contributed by atoms with Crippen LogP contribution in [0.1, 0.15) is 25.1 Å². The summed E-state index contributed by atoms with van der Waals surface area (Å²) in [6, 6.07) is 2.02. The van der Waals surface area contributed by atoms with Gasteiger partial charge in [0.1, 0.15) is 0 Å². The average Bonchev–Trinajstić information content (AvgIpc) is 2.94. The lowest BCUT2D eigenvalue weighted by Gasteiger charge is -2.29. The van der Waals surface area contributed by atoms with E-state index in [1.54, 1.807) is 20.1 Å². The Kier molecular flexibility index (Phi) is 3.62. The Morgan fingerprint density at radius 3 is 2.77 bits per heavy atom. The quantitative estimate of drug-likeness (QED) is 0.889. The number of allylic oxidation sites excluding steroid dienone is 3. The molecule has 3 rings (SSSR count). The van der Waals surface area contributed by atoms with Crippen LogP contribution in [-0.4, -0.2) is 28.4 Å². The molecule has 2 N–H and O–H groups in total. The van der Waals surface area contributed by atoms with Crippen LogP contribution in [0, 0.1) is 12.8 Å². The Morgan fingerprint density at radius 2 is 2.14 bits per heavy atom. The van der Waals surface area contributed by atoms with Gasteiger partial charge in [0.05, 0.1) is 18.5 Å². The summed E-state index contributed by atoms with van der Waals surface area (Å²) in [6.07, 6.45) is 6.03. The molecule has 3 heterocycles. The van der Waals surface area contributed by atoms with Gasteiger partial charge in [0, 0.05) is 23.3 Å². The average molecular weight is 300 g/mol. The van der Waals surface area contributed by atoms with E-state index in [1.807, 2.05) is 17.2 Å². The van der Waals surface area contributed by atoms with Gasteiger partial charge in [0.15, 0.2) is 0 Å². The van der Waals surface area contributed by atoms with E-state index < -0.39 is 0 Å². The summed E-state index contributed by atoms with van der Waals surface area (Å²) in [5.41, 5.74) is 6.60. The molecule has 22 heavy (non-hydrogen) atoms. The zero-order valence-corrected chi connectivity index (χ0v) is 13.2. The van der Waals surface area contributed by atoms with Gasteiger partial charge in [-0.05, 0) is 31.1 Å². The van der Waals surface area contributed by atoms with Crippen molar-refractivity contribution >= 4 is 5.57 Å². The van der Waals surface area contributed by atoms with Crippen LogP contribution in [-0.2, 0) is 4.74 Å². The Morgan fingerprint density at radius 1 is 1.36 bits per heavy atom. The molecule has 1 unspecified atom stereocenters. The Bertz CT molecular complexity index is 743. The number of hydrogen-bond acceptors (Lipinski definition) is 5. The fourth-order valence-electron chi connectivity index (χ4n) is 2.57. The molecule has 2 aliphatic heterocycles. The number of aromatic nitrogens is 2. The van der Waals surface area contributed by atoms with E-state index >= 15 is 0 Å². The minimum atomic E-state index is -0.163. The first-order valence-electron chi connectivity index (χ1n) is 7.32. The van der Waals surface area contributed by atoms with Crippen LogP contribution in [0.2, 0.25) is 0 Å². The fourth-order valence-corrected chi connectivity index (χ4v) is 2.57. The number of nitrogens with zero attached hydrogens (tertiary/aromatic N) is 2. The highest BCUT2D eigenvalue weighted by molar-refractivity contribution is 5.80. The Labute approximate surface area is 129 Å². The number of H-pyrrole nitrogens is 1. The second-order valence-electron chi connectivity index (χ2n) is 5.84. The molecule has 6 heteroatoms. The molecule has 1 aromatic heterocycles. The third kappa shape index (κ3) is 2.35. The van der Waals surface area contributed by atoms with Crippen LogP contribution in [0.15, 0.2) is 40.7 Å². The second-order valence-corrected chi connectivity index (χ2v) is 5.84. The lowest BCUT2D eigenvalue weighted by atomic mass is 10.0. The van der Waals surface area contributed by atoms with Crippen LogP contribution in [0.5, 0.6) is 0 Å². The first-order chi connectivity index (χ1) is 10.5. The molecule has 0 radical (unpaired) electrons. The van der Waals surface area contributed by atoms with Gasteiger partial charge < -0.3 is 4.74 Å². The van der Waals surface area contributed by atoms with E-state index in [2.05, 4.69) is 35.5 Å². The smallest absolute Gasteiger partial charge is 0.267 e. The monoisotopic (exact) mass is 300 g/mol. The number of fused-ring (bicyclic) bond motifs is 1. The molecular formula is C16H20N4O2. The van der Waals surface area contributed by atoms with E-state index in [0.717, 1.165) is 22.8 Å². The summed E-state index contributed by atoms with van der Waals surface area (Å²) in [6.45, 7) is 6.10. The highest BCUT2D eigenvalue weighted by Crippen LogP contribution is 2.35. The van der Waals surface area contributed by atoms with Gasteiger partial charge in [-0.1, -0.05) is 13.8 Å². The van der Waals surface area contributed by atoms with Crippen LogP contribution < -0.4 is 11.0 Å². The number of hydrazine groups is 1. The van der Waals surface area contributed by atoms with Gasteiger partial charge in [-0.15, -0.1) is 0 Å². The summed E-state index contributed by atoms with van der Waals surface area (Å²) in [7, 11) is 1.65. The van der Waals surface area contributed by atoms with Crippen molar-refractivity contribution in [2.24, 2.45) is 5.92 Å². The third-order valence-electron chi connectivity index (χ3n) is 3.94. The molecule has 116 valence electrons. The molecule has 2 aliphatic rings. The molecule has 1 aromatic rings. The number of hydrogen-bond donors (Lipinski definition) is 2. The van der Waals surface area contributed by atoms with Gasteiger partial charge >= 0.3 is 0 Å². The van der Waals surface area contributed by atoms with Crippen LogP contribution >= 0.6 is 0 Å². The van der Waals surface area contributed by atoms with Gasteiger partial charge in [-0.3, -0.25) is 4.79 Å². The highest BCUT2D eigenvalue weighted by atomic mass is 16.5. The van der Waals surface area contributed by atoms with Crippen molar-refractivity contribution in [1.82, 2.24) is 20.6 Å². The summed E-state index contributed by atoms with van der Waals surface area (Å²) in [5.74, 6) is 1.18. The van der Waals surface area contributed by atoms with Crippen molar-refractivity contribution < 1.29 is 4.74 Å². The number of nitrogens with one attached hydrogen (secondary N) is 2. The van der Waals surface area contributed by atoms with Gasteiger partial charge in [-0.25, -0.2) is 15.5 Å². The molecule has 1 atom stereocenters. The maximum atomic E-state index is 11.5. The van der Waals surface area contributed by atoms with Gasteiger partial charge in [-0.2, -0.15) is 5.10 Å². The Balaban J connectivity index is 2.07. The predicted octanol–water partition coefficient (Wildman–Crippen LogP) is 1.69. The van der Waals surface area contributed by atoms with Gasteiger partial charge in [0.2, 0.25) is 5.88 Å². The van der Waals surface area contributed by atoms with E-state index in [0.29, 0.717) is 11.5 Å².